The summed E-state index contributed by atoms with van der Waals surface area (Å²) < 4.78 is 6.40. The largest absolute Gasteiger partial charge is 0.461 e. The smallest absolute Gasteiger partial charge is 0.362 e. The fourth-order valence-corrected chi connectivity index (χ4v) is 3.02. The standard InChI is InChI=1S/C14H15N5O2S/c1-3-8-10(9-6-5-7-22-9)13-17-16-11(14(20)21-4-2)12(15)19(13)18-8/h5-7H,3-4,15H2,1-2H3. The minimum Gasteiger partial charge on any atom is -0.461 e. The number of esters is 1. The molecule has 0 atom stereocenters. The van der Waals surface area contributed by atoms with Gasteiger partial charge in [0, 0.05) is 4.88 Å². The van der Waals surface area contributed by atoms with Gasteiger partial charge in [-0.05, 0) is 24.8 Å². The van der Waals surface area contributed by atoms with Crippen LogP contribution in [-0.4, -0.2) is 32.4 Å². The van der Waals surface area contributed by atoms with Crippen LogP contribution in [0.1, 0.15) is 30.0 Å². The van der Waals surface area contributed by atoms with Gasteiger partial charge in [0.25, 0.3) is 0 Å². The van der Waals surface area contributed by atoms with Gasteiger partial charge in [-0.15, -0.1) is 21.5 Å². The quantitative estimate of drug-likeness (QED) is 0.741. The fourth-order valence-electron chi connectivity index (χ4n) is 2.23. The molecule has 0 fully saturated rings. The summed E-state index contributed by atoms with van der Waals surface area (Å²) in [6.07, 6.45) is 0.727. The molecule has 3 heterocycles. The summed E-state index contributed by atoms with van der Waals surface area (Å²) in [5, 5.41) is 14.5. The third-order valence-corrected chi connectivity index (χ3v) is 4.11. The third-order valence-electron chi connectivity index (χ3n) is 3.22. The summed E-state index contributed by atoms with van der Waals surface area (Å²) in [7, 11) is 0. The topological polar surface area (TPSA) is 95.4 Å². The van der Waals surface area contributed by atoms with E-state index in [-0.39, 0.29) is 18.1 Å². The van der Waals surface area contributed by atoms with Gasteiger partial charge < -0.3 is 10.5 Å². The van der Waals surface area contributed by atoms with E-state index in [0.29, 0.717) is 5.65 Å². The summed E-state index contributed by atoms with van der Waals surface area (Å²) in [5.74, 6) is -0.457. The minimum atomic E-state index is -0.597. The lowest BCUT2D eigenvalue weighted by Crippen LogP contribution is -2.15. The lowest BCUT2D eigenvalue weighted by molar-refractivity contribution is 0.0519. The maximum Gasteiger partial charge on any atom is 0.362 e. The van der Waals surface area contributed by atoms with Gasteiger partial charge in [0.15, 0.2) is 11.5 Å². The molecule has 0 bridgehead atoms. The fraction of sp³-hybridized carbons (Fsp3) is 0.286. The molecule has 3 aromatic heterocycles. The monoisotopic (exact) mass is 317 g/mol. The SMILES string of the molecule is CCOC(=O)c1nnc2c(-c3cccs3)c(CC)nn2c1N. The molecule has 0 aliphatic heterocycles. The van der Waals surface area contributed by atoms with E-state index in [4.69, 9.17) is 10.5 Å². The van der Waals surface area contributed by atoms with Gasteiger partial charge >= 0.3 is 5.97 Å². The van der Waals surface area contributed by atoms with Crippen LogP contribution in [-0.2, 0) is 11.2 Å². The number of rotatable bonds is 4. The first-order valence-electron chi connectivity index (χ1n) is 6.92. The van der Waals surface area contributed by atoms with Gasteiger partial charge in [0.1, 0.15) is 0 Å². The van der Waals surface area contributed by atoms with Crippen molar-refractivity contribution < 1.29 is 9.53 Å². The number of hydrogen-bond donors (Lipinski definition) is 1. The first-order valence-corrected chi connectivity index (χ1v) is 7.80. The molecule has 0 unspecified atom stereocenters. The molecule has 3 aromatic rings. The lowest BCUT2D eigenvalue weighted by Gasteiger charge is -2.04. The van der Waals surface area contributed by atoms with Gasteiger partial charge in [0.2, 0.25) is 5.69 Å². The molecule has 0 aromatic carbocycles. The average Bonchev–Trinajstić information content (AvgIpc) is 3.14. The zero-order chi connectivity index (χ0) is 15.7. The highest BCUT2D eigenvalue weighted by Gasteiger charge is 2.22. The van der Waals surface area contributed by atoms with Crippen LogP contribution < -0.4 is 5.73 Å². The number of aromatic nitrogens is 4. The number of nitrogen functional groups attached to an aromatic ring is 1. The number of thiophene rings is 1. The Morgan fingerprint density at radius 1 is 1.41 bits per heavy atom. The van der Waals surface area contributed by atoms with Crippen LogP contribution in [0.4, 0.5) is 5.82 Å². The predicted octanol–water partition coefficient (Wildman–Crippen LogP) is 2.17. The number of carbonyl (C=O) groups is 1. The van der Waals surface area contributed by atoms with E-state index in [1.165, 1.54) is 4.52 Å². The molecule has 0 aliphatic carbocycles. The highest BCUT2D eigenvalue weighted by atomic mass is 32.1. The van der Waals surface area contributed by atoms with E-state index in [9.17, 15) is 4.79 Å². The van der Waals surface area contributed by atoms with Crippen molar-refractivity contribution >= 4 is 28.8 Å². The Morgan fingerprint density at radius 3 is 2.86 bits per heavy atom. The normalized spacial score (nSPS) is 11.0. The number of ether oxygens (including phenoxy) is 1. The van der Waals surface area contributed by atoms with Crippen molar-refractivity contribution in [1.29, 1.82) is 0 Å². The summed E-state index contributed by atoms with van der Waals surface area (Å²) in [4.78, 5) is 12.9. The van der Waals surface area contributed by atoms with Crippen molar-refractivity contribution in [3.8, 4) is 10.4 Å². The molecular weight excluding hydrogens is 302 g/mol. The maximum absolute atomic E-state index is 11.9. The predicted molar refractivity (Wildman–Crippen MR) is 83.8 cm³/mol. The Labute approximate surface area is 130 Å². The Morgan fingerprint density at radius 2 is 2.23 bits per heavy atom. The Hall–Kier alpha value is -2.48. The number of nitrogens with two attached hydrogens (primary N) is 1. The number of nitrogens with zero attached hydrogens (tertiary/aromatic N) is 4. The number of hydrogen-bond acceptors (Lipinski definition) is 7. The van der Waals surface area contributed by atoms with Gasteiger partial charge in [-0.2, -0.15) is 9.61 Å². The lowest BCUT2D eigenvalue weighted by atomic mass is 10.1. The van der Waals surface area contributed by atoms with Gasteiger partial charge in [-0.3, -0.25) is 0 Å². The van der Waals surface area contributed by atoms with Crippen LogP contribution in [0.25, 0.3) is 16.1 Å². The Balaban J connectivity index is 2.23. The molecule has 0 saturated heterocycles. The molecule has 2 N–H and O–H groups in total. The molecule has 0 spiro atoms. The zero-order valence-corrected chi connectivity index (χ0v) is 13.1. The molecule has 0 aliphatic rings. The highest BCUT2D eigenvalue weighted by molar-refractivity contribution is 7.13. The first-order chi connectivity index (χ1) is 10.7. The van der Waals surface area contributed by atoms with Crippen LogP contribution in [0.15, 0.2) is 17.5 Å². The molecule has 7 nitrogen and oxygen atoms in total. The molecule has 3 rings (SSSR count). The Bertz CT molecular complexity index is 825. The van der Waals surface area contributed by atoms with Crippen molar-refractivity contribution in [2.45, 2.75) is 20.3 Å². The number of aryl methyl sites for hydroxylation is 1. The van der Waals surface area contributed by atoms with Crippen LogP contribution in [0.2, 0.25) is 0 Å². The highest BCUT2D eigenvalue weighted by Crippen LogP contribution is 2.32. The van der Waals surface area contributed by atoms with Crippen LogP contribution >= 0.6 is 11.3 Å². The zero-order valence-electron chi connectivity index (χ0n) is 12.2. The Kier molecular flexibility index (Phi) is 3.76. The molecular formula is C14H15N5O2S. The molecule has 0 radical (unpaired) electrons. The van der Waals surface area contributed by atoms with Crippen LogP contribution in [0.5, 0.6) is 0 Å². The molecule has 0 saturated carbocycles. The summed E-state index contributed by atoms with van der Waals surface area (Å²) in [6, 6.07) is 3.96. The summed E-state index contributed by atoms with van der Waals surface area (Å²) in [6.45, 7) is 3.98. The van der Waals surface area contributed by atoms with Gasteiger partial charge in [-0.25, -0.2) is 4.79 Å². The number of carbonyl (C=O) groups excluding carboxylic acids is 1. The van der Waals surface area contributed by atoms with Crippen molar-refractivity contribution in [3.63, 3.8) is 0 Å². The third kappa shape index (κ3) is 2.21. The van der Waals surface area contributed by atoms with E-state index >= 15 is 0 Å². The van der Waals surface area contributed by atoms with Crippen LogP contribution in [0, 0.1) is 0 Å². The second kappa shape index (κ2) is 5.72. The van der Waals surface area contributed by atoms with Gasteiger partial charge in [0.05, 0.1) is 17.9 Å². The summed E-state index contributed by atoms with van der Waals surface area (Å²) >= 11 is 1.60. The molecule has 114 valence electrons. The van der Waals surface area contributed by atoms with Crippen molar-refractivity contribution in [2.24, 2.45) is 0 Å². The molecule has 0 amide bonds. The number of fused-ring (bicyclic) bond motifs is 1. The van der Waals surface area contributed by atoms with E-state index in [1.807, 2.05) is 24.4 Å². The van der Waals surface area contributed by atoms with Crippen molar-refractivity contribution in [3.05, 3.63) is 28.9 Å². The van der Waals surface area contributed by atoms with E-state index in [2.05, 4.69) is 15.3 Å². The van der Waals surface area contributed by atoms with E-state index in [0.717, 1.165) is 22.6 Å². The maximum atomic E-state index is 11.9. The average molecular weight is 317 g/mol. The second-order valence-electron chi connectivity index (χ2n) is 4.54. The van der Waals surface area contributed by atoms with Crippen molar-refractivity contribution in [1.82, 2.24) is 19.8 Å². The molecule has 22 heavy (non-hydrogen) atoms. The van der Waals surface area contributed by atoms with Crippen molar-refractivity contribution in [2.75, 3.05) is 12.3 Å². The summed E-state index contributed by atoms with van der Waals surface area (Å²) in [5.41, 5.74) is 8.35. The minimum absolute atomic E-state index is 0.0165. The van der Waals surface area contributed by atoms with E-state index in [1.54, 1.807) is 18.3 Å². The second-order valence-corrected chi connectivity index (χ2v) is 5.49. The van der Waals surface area contributed by atoms with Crippen LogP contribution in [0.3, 0.4) is 0 Å². The van der Waals surface area contributed by atoms with E-state index < -0.39 is 5.97 Å². The first kappa shape index (κ1) is 14.5. The van der Waals surface area contributed by atoms with Gasteiger partial charge in [-0.1, -0.05) is 13.0 Å². The molecule has 8 heteroatoms. The number of anilines is 1.